The zero-order valence-electron chi connectivity index (χ0n) is 18.4. The average molecular weight is 449 g/mol. The van der Waals surface area contributed by atoms with Crippen LogP contribution in [-0.4, -0.2) is 41.3 Å². The molecule has 0 saturated heterocycles. The molecule has 0 aliphatic heterocycles. The van der Waals surface area contributed by atoms with Gasteiger partial charge < -0.3 is 20.5 Å². The van der Waals surface area contributed by atoms with Crippen LogP contribution in [0.1, 0.15) is 55.6 Å². The molecule has 5 rings (SSSR count). The monoisotopic (exact) mass is 448 g/mol. The van der Waals surface area contributed by atoms with E-state index in [2.05, 4.69) is 34.9 Å². The highest BCUT2D eigenvalue weighted by Crippen LogP contribution is 2.44. The molecule has 2 fully saturated rings. The predicted molar refractivity (Wildman–Crippen MR) is 122 cm³/mol. The molecule has 0 atom stereocenters. The summed E-state index contributed by atoms with van der Waals surface area (Å²) in [6.45, 7) is 0.282. The molecule has 3 N–H and O–H groups in total. The van der Waals surface area contributed by atoms with E-state index in [-0.39, 0.29) is 36.8 Å². The summed E-state index contributed by atoms with van der Waals surface area (Å²) in [5, 5.41) is 14.8. The largest absolute Gasteiger partial charge is 0.481 e. The number of carbonyl (C=O) groups excluding carboxylic acids is 2. The summed E-state index contributed by atoms with van der Waals surface area (Å²) in [5.74, 6) is -0.756. The lowest BCUT2D eigenvalue weighted by atomic mass is 9.78. The number of nitrogens with one attached hydrogen (secondary N) is 2. The van der Waals surface area contributed by atoms with Gasteiger partial charge >= 0.3 is 12.1 Å². The van der Waals surface area contributed by atoms with Crippen LogP contribution in [-0.2, 0) is 14.3 Å². The van der Waals surface area contributed by atoms with E-state index >= 15 is 0 Å². The van der Waals surface area contributed by atoms with Gasteiger partial charge in [-0.25, -0.2) is 4.79 Å². The van der Waals surface area contributed by atoms with Crippen LogP contribution in [0.2, 0.25) is 0 Å². The van der Waals surface area contributed by atoms with Crippen molar-refractivity contribution in [1.82, 2.24) is 10.6 Å². The molecule has 0 heterocycles. The summed E-state index contributed by atoms with van der Waals surface area (Å²) in [6, 6.07) is 16.5. The van der Waals surface area contributed by atoms with Gasteiger partial charge in [-0.15, -0.1) is 0 Å². The van der Waals surface area contributed by atoms with Crippen LogP contribution in [0.15, 0.2) is 48.5 Å². The second-order valence-electron chi connectivity index (χ2n) is 9.61. The molecule has 172 valence electrons. The molecule has 0 unspecified atom stereocenters. The summed E-state index contributed by atoms with van der Waals surface area (Å²) in [6.07, 6.45) is 2.82. The number of alkyl carbamates (subject to hydrolysis) is 1. The van der Waals surface area contributed by atoms with Gasteiger partial charge in [-0.05, 0) is 53.9 Å². The Hall–Kier alpha value is -3.35. The minimum Gasteiger partial charge on any atom is -0.481 e. The molecule has 0 radical (unpaired) electrons. The average Bonchev–Trinajstić information content (AvgIpc) is 3.42. The summed E-state index contributed by atoms with van der Waals surface area (Å²) >= 11 is 0. The van der Waals surface area contributed by atoms with Gasteiger partial charge in [0, 0.05) is 18.4 Å². The Morgan fingerprint density at radius 1 is 0.970 bits per heavy atom. The summed E-state index contributed by atoms with van der Waals surface area (Å²) in [5.41, 5.74) is 4.21. The molecule has 3 aliphatic carbocycles. The van der Waals surface area contributed by atoms with Gasteiger partial charge in [0.05, 0.1) is 12.0 Å². The van der Waals surface area contributed by atoms with Gasteiger partial charge in [0.15, 0.2) is 0 Å². The van der Waals surface area contributed by atoms with Gasteiger partial charge in [0.25, 0.3) is 0 Å². The third-order valence-electron chi connectivity index (χ3n) is 7.12. The first-order valence-electron chi connectivity index (χ1n) is 11.6. The van der Waals surface area contributed by atoms with Crippen molar-refractivity contribution < 1.29 is 24.2 Å². The van der Waals surface area contributed by atoms with E-state index < -0.39 is 17.6 Å². The Kier molecular flexibility index (Phi) is 5.56. The molecule has 2 amide bonds. The van der Waals surface area contributed by atoms with Crippen molar-refractivity contribution in [2.75, 3.05) is 6.61 Å². The molecule has 2 saturated carbocycles. The lowest BCUT2D eigenvalue weighted by molar-refractivity contribution is -0.138. The number of carboxylic acids is 1. The van der Waals surface area contributed by atoms with Crippen molar-refractivity contribution >= 4 is 18.0 Å². The molecule has 2 aromatic rings. The Morgan fingerprint density at radius 2 is 1.58 bits per heavy atom. The van der Waals surface area contributed by atoms with E-state index in [0.717, 1.165) is 25.7 Å². The van der Waals surface area contributed by atoms with Crippen molar-refractivity contribution in [3.63, 3.8) is 0 Å². The van der Waals surface area contributed by atoms with E-state index in [0.29, 0.717) is 6.42 Å². The Bertz CT molecular complexity index is 1040. The zero-order chi connectivity index (χ0) is 23.0. The number of rotatable bonds is 8. The lowest BCUT2D eigenvalue weighted by Gasteiger charge is -2.35. The van der Waals surface area contributed by atoms with Crippen molar-refractivity contribution in [3.05, 3.63) is 59.7 Å². The Morgan fingerprint density at radius 3 is 2.15 bits per heavy atom. The first kappa shape index (κ1) is 21.5. The van der Waals surface area contributed by atoms with Gasteiger partial charge in [0.2, 0.25) is 5.91 Å². The topological polar surface area (TPSA) is 105 Å². The van der Waals surface area contributed by atoms with Crippen molar-refractivity contribution in [1.29, 1.82) is 0 Å². The first-order chi connectivity index (χ1) is 15.9. The Balaban J connectivity index is 1.06. The number of carboxylic acid groups (broad SMARTS) is 1. The third-order valence-corrected chi connectivity index (χ3v) is 7.12. The predicted octanol–water partition coefficient (Wildman–Crippen LogP) is 3.82. The fourth-order valence-electron chi connectivity index (χ4n) is 5.22. The van der Waals surface area contributed by atoms with E-state index in [1.165, 1.54) is 22.3 Å². The third kappa shape index (κ3) is 4.58. The van der Waals surface area contributed by atoms with Crippen molar-refractivity contribution in [2.24, 2.45) is 5.92 Å². The van der Waals surface area contributed by atoms with Crippen molar-refractivity contribution in [2.45, 2.75) is 56.0 Å². The fraction of sp³-hybridized carbons (Fsp3) is 0.423. The zero-order valence-corrected chi connectivity index (χ0v) is 18.4. The number of aliphatic carboxylic acids is 1. The normalized spacial score (nSPS) is 21.8. The highest BCUT2D eigenvalue weighted by atomic mass is 16.5. The summed E-state index contributed by atoms with van der Waals surface area (Å²) in [7, 11) is 0. The number of carbonyl (C=O) groups is 3. The molecule has 33 heavy (non-hydrogen) atoms. The molecule has 7 nitrogen and oxygen atoms in total. The smallest absolute Gasteiger partial charge is 0.407 e. The SMILES string of the molecule is O=C(O)CC1(NC(=O)CC2CC(NC(=O)OCC3c4ccccc4-c4ccccc43)C2)CC1. The van der Waals surface area contributed by atoms with E-state index in [9.17, 15) is 14.4 Å². The van der Waals surface area contributed by atoms with Gasteiger partial charge in [-0.1, -0.05) is 48.5 Å². The highest BCUT2D eigenvalue weighted by Gasteiger charge is 2.46. The van der Waals surface area contributed by atoms with E-state index in [1.807, 2.05) is 24.3 Å². The van der Waals surface area contributed by atoms with E-state index in [4.69, 9.17) is 9.84 Å². The number of benzene rings is 2. The number of fused-ring (bicyclic) bond motifs is 3. The van der Waals surface area contributed by atoms with Crippen LogP contribution in [0, 0.1) is 5.92 Å². The molecule has 2 aromatic carbocycles. The second-order valence-corrected chi connectivity index (χ2v) is 9.61. The van der Waals surface area contributed by atoms with Crippen molar-refractivity contribution in [3.8, 4) is 11.1 Å². The van der Waals surface area contributed by atoms with Crippen LogP contribution in [0.4, 0.5) is 4.79 Å². The van der Waals surface area contributed by atoms with Crippen LogP contribution in [0.25, 0.3) is 11.1 Å². The van der Waals surface area contributed by atoms with Crippen LogP contribution in [0.5, 0.6) is 0 Å². The van der Waals surface area contributed by atoms with Crippen LogP contribution < -0.4 is 10.6 Å². The fourth-order valence-corrected chi connectivity index (χ4v) is 5.22. The van der Waals surface area contributed by atoms with Gasteiger partial charge in [0.1, 0.15) is 6.61 Å². The highest BCUT2D eigenvalue weighted by molar-refractivity contribution is 5.80. The molecule has 7 heteroatoms. The maximum absolute atomic E-state index is 12.4. The summed E-state index contributed by atoms with van der Waals surface area (Å²) < 4.78 is 5.59. The molecule has 0 bridgehead atoms. The minimum absolute atomic E-state index is 0.00681. The number of hydrogen-bond acceptors (Lipinski definition) is 4. The quantitative estimate of drug-likeness (QED) is 0.570. The van der Waals surface area contributed by atoms with Crippen LogP contribution >= 0.6 is 0 Å². The van der Waals surface area contributed by atoms with Gasteiger partial charge in [-0.2, -0.15) is 0 Å². The molecular formula is C26H28N2O5. The van der Waals surface area contributed by atoms with Gasteiger partial charge in [-0.3, -0.25) is 9.59 Å². The minimum atomic E-state index is -0.885. The molecular weight excluding hydrogens is 420 g/mol. The standard InChI is InChI=1S/C26H28N2O5/c29-23(28-26(9-10-26)14-24(30)31)13-16-11-17(12-16)27-25(32)33-15-22-20-7-3-1-5-18(20)19-6-2-4-8-21(19)22/h1-8,16-17,22H,9-15H2,(H,27,32)(H,28,29)(H,30,31). The van der Waals surface area contributed by atoms with Crippen LogP contribution in [0.3, 0.4) is 0 Å². The molecule has 0 spiro atoms. The molecule has 0 aromatic heterocycles. The maximum Gasteiger partial charge on any atom is 0.407 e. The number of hydrogen-bond donors (Lipinski definition) is 3. The van der Waals surface area contributed by atoms with E-state index in [1.54, 1.807) is 0 Å². The number of ether oxygens (including phenoxy) is 1. The first-order valence-corrected chi connectivity index (χ1v) is 11.6. The lowest BCUT2D eigenvalue weighted by Crippen LogP contribution is -2.47. The second kappa shape index (κ2) is 8.54. The molecule has 3 aliphatic rings. The number of amides is 2. The summed E-state index contributed by atoms with van der Waals surface area (Å²) in [4.78, 5) is 35.6. The Labute approximate surface area is 192 Å². The maximum atomic E-state index is 12.4.